The number of carboxylic acid groups (broad SMARTS) is 1. The molecule has 8 heteroatoms. The molecule has 2 heterocycles. The number of H-pyrrole nitrogens is 1. The Bertz CT molecular complexity index is 813. The first-order valence-corrected chi connectivity index (χ1v) is 7.55. The van der Waals surface area contributed by atoms with Crippen molar-refractivity contribution in [1.29, 1.82) is 0 Å². The van der Waals surface area contributed by atoms with Gasteiger partial charge in [-0.3, -0.25) is 9.59 Å². The van der Waals surface area contributed by atoms with E-state index in [2.05, 4.69) is 15.6 Å². The Hall–Kier alpha value is -3.03. The predicted molar refractivity (Wildman–Crippen MR) is 84.4 cm³/mol. The van der Waals surface area contributed by atoms with E-state index in [4.69, 9.17) is 0 Å². The number of phenolic OH excluding ortho intramolecular Hbond substituents is 1. The largest absolute Gasteiger partial charge is 0.508 e. The van der Waals surface area contributed by atoms with Crippen molar-refractivity contribution in [2.75, 3.05) is 0 Å². The molecule has 1 aliphatic heterocycles. The highest BCUT2D eigenvalue weighted by Crippen LogP contribution is 2.24. The van der Waals surface area contributed by atoms with Crippen molar-refractivity contribution in [3.05, 3.63) is 30.0 Å². The highest BCUT2D eigenvalue weighted by atomic mass is 16.4. The van der Waals surface area contributed by atoms with Crippen molar-refractivity contribution in [2.45, 2.75) is 31.3 Å². The minimum atomic E-state index is -1.16. The molecule has 5 N–H and O–H groups in total. The van der Waals surface area contributed by atoms with Gasteiger partial charge in [0.2, 0.25) is 11.8 Å². The van der Waals surface area contributed by atoms with Crippen molar-refractivity contribution < 1.29 is 24.6 Å². The van der Waals surface area contributed by atoms with Crippen LogP contribution in [0, 0.1) is 0 Å². The summed E-state index contributed by atoms with van der Waals surface area (Å²) in [5, 5.41) is 24.6. The lowest BCUT2D eigenvalue weighted by molar-refractivity contribution is -0.142. The van der Waals surface area contributed by atoms with Gasteiger partial charge in [-0.15, -0.1) is 0 Å². The molecule has 2 unspecified atom stereocenters. The molecule has 0 radical (unpaired) electrons. The smallest absolute Gasteiger partial charge is 0.326 e. The molecule has 0 bridgehead atoms. The fourth-order valence-corrected chi connectivity index (χ4v) is 2.84. The molecular formula is C16H17N3O5. The van der Waals surface area contributed by atoms with Crippen LogP contribution in [0.4, 0.5) is 0 Å². The number of carbonyl (C=O) groups excluding carboxylic acids is 2. The number of hydrogen-bond donors (Lipinski definition) is 5. The Morgan fingerprint density at radius 2 is 2.17 bits per heavy atom. The maximum absolute atomic E-state index is 12.1. The average Bonchev–Trinajstić information content (AvgIpc) is 3.13. The van der Waals surface area contributed by atoms with Crippen LogP contribution in [0.5, 0.6) is 5.75 Å². The number of benzene rings is 1. The Labute approximate surface area is 136 Å². The molecule has 1 aliphatic rings. The Kier molecular flexibility index (Phi) is 4.11. The quantitative estimate of drug-likeness (QED) is 0.536. The van der Waals surface area contributed by atoms with E-state index in [0.717, 1.165) is 5.52 Å². The normalized spacial score (nSPS) is 18.3. The molecule has 2 aromatic rings. The first kappa shape index (κ1) is 15.9. The molecule has 1 saturated heterocycles. The van der Waals surface area contributed by atoms with Crippen molar-refractivity contribution >= 4 is 28.7 Å². The van der Waals surface area contributed by atoms with E-state index >= 15 is 0 Å². The van der Waals surface area contributed by atoms with Gasteiger partial charge in [0.25, 0.3) is 0 Å². The van der Waals surface area contributed by atoms with E-state index < -0.39 is 24.0 Å². The highest BCUT2D eigenvalue weighted by molar-refractivity contribution is 5.93. The second kappa shape index (κ2) is 6.23. The van der Waals surface area contributed by atoms with E-state index in [-0.39, 0.29) is 24.5 Å². The third-order valence-corrected chi connectivity index (χ3v) is 4.10. The lowest BCUT2D eigenvalue weighted by Gasteiger charge is -2.17. The first-order valence-electron chi connectivity index (χ1n) is 7.55. The molecule has 24 heavy (non-hydrogen) atoms. The monoisotopic (exact) mass is 331 g/mol. The van der Waals surface area contributed by atoms with Gasteiger partial charge in [0, 0.05) is 29.9 Å². The molecule has 0 spiro atoms. The van der Waals surface area contributed by atoms with Crippen LogP contribution in [0.15, 0.2) is 24.4 Å². The lowest BCUT2D eigenvalue weighted by Crippen LogP contribution is -2.49. The number of rotatable bonds is 5. The summed E-state index contributed by atoms with van der Waals surface area (Å²) < 4.78 is 0. The molecule has 0 aliphatic carbocycles. The van der Waals surface area contributed by atoms with E-state index in [1.165, 1.54) is 6.07 Å². The second-order valence-electron chi connectivity index (χ2n) is 5.81. The third kappa shape index (κ3) is 3.17. The van der Waals surface area contributed by atoms with Gasteiger partial charge in [0.15, 0.2) is 0 Å². The van der Waals surface area contributed by atoms with E-state index in [9.17, 15) is 24.6 Å². The second-order valence-corrected chi connectivity index (χ2v) is 5.81. The summed E-state index contributed by atoms with van der Waals surface area (Å²) in [6, 6.07) is 2.94. The van der Waals surface area contributed by atoms with Crippen LogP contribution in [0.1, 0.15) is 18.4 Å². The number of amides is 2. The predicted octanol–water partition coefficient (Wildman–Crippen LogP) is 0.264. The number of aromatic amines is 1. The zero-order valence-corrected chi connectivity index (χ0v) is 12.7. The van der Waals surface area contributed by atoms with Gasteiger partial charge in [-0.2, -0.15) is 0 Å². The highest BCUT2D eigenvalue weighted by Gasteiger charge is 2.30. The average molecular weight is 331 g/mol. The number of fused-ring (bicyclic) bond motifs is 1. The zero-order chi connectivity index (χ0) is 17.3. The van der Waals surface area contributed by atoms with Crippen LogP contribution in [-0.4, -0.2) is 45.1 Å². The molecule has 2 atom stereocenters. The van der Waals surface area contributed by atoms with E-state index in [0.29, 0.717) is 17.4 Å². The number of aliphatic carboxylic acids is 1. The standard InChI is InChI=1S/C16H17N3O5/c20-9-1-2-11-10(6-9)8(7-17-11)5-13(16(23)24)19-15(22)12-3-4-14(21)18-12/h1-2,6-7,12-13,17,20H,3-5H2,(H,18,21)(H,19,22)(H,23,24). The van der Waals surface area contributed by atoms with Gasteiger partial charge in [0.05, 0.1) is 0 Å². The van der Waals surface area contributed by atoms with Crippen molar-refractivity contribution in [2.24, 2.45) is 0 Å². The molecule has 1 aromatic carbocycles. The molecule has 2 amide bonds. The van der Waals surface area contributed by atoms with E-state index in [1.54, 1.807) is 18.3 Å². The molecule has 8 nitrogen and oxygen atoms in total. The number of aromatic hydroxyl groups is 1. The summed E-state index contributed by atoms with van der Waals surface area (Å²) in [4.78, 5) is 37.8. The SMILES string of the molecule is O=C1CCC(C(=O)NC(Cc2c[nH]c3ccc(O)cc23)C(=O)O)N1. The van der Waals surface area contributed by atoms with E-state index in [1.807, 2.05) is 0 Å². The minimum absolute atomic E-state index is 0.0607. The van der Waals surface area contributed by atoms with Gasteiger partial charge in [-0.25, -0.2) is 4.79 Å². The van der Waals surface area contributed by atoms with Gasteiger partial charge in [0.1, 0.15) is 17.8 Å². The number of carboxylic acids is 1. The maximum atomic E-state index is 12.1. The maximum Gasteiger partial charge on any atom is 0.326 e. The summed E-state index contributed by atoms with van der Waals surface area (Å²) in [7, 11) is 0. The minimum Gasteiger partial charge on any atom is -0.508 e. The number of nitrogens with one attached hydrogen (secondary N) is 3. The van der Waals surface area contributed by atoms with Gasteiger partial charge >= 0.3 is 5.97 Å². The molecule has 1 fully saturated rings. The van der Waals surface area contributed by atoms with Gasteiger partial charge in [-0.05, 0) is 30.2 Å². The Balaban J connectivity index is 1.76. The molecule has 0 saturated carbocycles. The van der Waals surface area contributed by atoms with Crippen LogP contribution in [0.2, 0.25) is 0 Å². The van der Waals surface area contributed by atoms with Crippen molar-refractivity contribution in [3.8, 4) is 5.75 Å². The van der Waals surface area contributed by atoms with Crippen LogP contribution in [0.25, 0.3) is 10.9 Å². The van der Waals surface area contributed by atoms with Gasteiger partial charge in [-0.1, -0.05) is 0 Å². The fraction of sp³-hybridized carbons (Fsp3) is 0.312. The zero-order valence-electron chi connectivity index (χ0n) is 12.7. The summed E-state index contributed by atoms with van der Waals surface area (Å²) in [6.07, 6.45) is 2.34. The number of hydrogen-bond acceptors (Lipinski definition) is 4. The fourth-order valence-electron chi connectivity index (χ4n) is 2.84. The summed E-state index contributed by atoms with van der Waals surface area (Å²) in [5.74, 6) is -1.81. The summed E-state index contributed by atoms with van der Waals surface area (Å²) >= 11 is 0. The number of carbonyl (C=O) groups is 3. The van der Waals surface area contributed by atoms with Crippen LogP contribution in [0.3, 0.4) is 0 Å². The lowest BCUT2D eigenvalue weighted by atomic mass is 10.0. The number of phenols is 1. The molecule has 3 rings (SSSR count). The third-order valence-electron chi connectivity index (χ3n) is 4.10. The summed E-state index contributed by atoms with van der Waals surface area (Å²) in [5.41, 5.74) is 1.44. The molecular weight excluding hydrogens is 314 g/mol. The molecule has 1 aromatic heterocycles. The van der Waals surface area contributed by atoms with Crippen molar-refractivity contribution in [1.82, 2.24) is 15.6 Å². The van der Waals surface area contributed by atoms with Crippen LogP contribution in [-0.2, 0) is 20.8 Å². The number of aromatic nitrogens is 1. The van der Waals surface area contributed by atoms with Gasteiger partial charge < -0.3 is 25.8 Å². The topological polar surface area (TPSA) is 132 Å². The molecule has 126 valence electrons. The van der Waals surface area contributed by atoms with Crippen LogP contribution < -0.4 is 10.6 Å². The first-order chi connectivity index (χ1) is 11.4. The van der Waals surface area contributed by atoms with Crippen LogP contribution >= 0.6 is 0 Å². The summed E-state index contributed by atoms with van der Waals surface area (Å²) in [6.45, 7) is 0. The van der Waals surface area contributed by atoms with Crippen molar-refractivity contribution in [3.63, 3.8) is 0 Å². The Morgan fingerprint density at radius 1 is 1.38 bits per heavy atom. The Morgan fingerprint density at radius 3 is 2.83 bits per heavy atom.